The molecule has 2 aromatic rings. The molecule has 0 radical (unpaired) electrons. The fraction of sp³-hybridized carbons (Fsp3) is 0.250. The average molecular weight is 257 g/mol. The highest BCUT2D eigenvalue weighted by Gasteiger charge is 2.09. The van der Waals surface area contributed by atoms with E-state index in [9.17, 15) is 0 Å². The zero-order valence-electron chi connectivity index (χ0n) is 10.9. The van der Waals surface area contributed by atoms with Gasteiger partial charge in [-0.15, -0.1) is 11.8 Å². The van der Waals surface area contributed by atoms with E-state index in [1.165, 1.54) is 16.0 Å². The van der Waals surface area contributed by atoms with Crippen LogP contribution >= 0.6 is 11.8 Å². The van der Waals surface area contributed by atoms with E-state index in [1.807, 2.05) is 7.05 Å². The SMILES string of the molecule is CNC(Cc1ccccc1)c1ccc(SC)cc1. The van der Waals surface area contributed by atoms with Gasteiger partial charge in [0.25, 0.3) is 0 Å². The van der Waals surface area contributed by atoms with Crippen LogP contribution in [0.25, 0.3) is 0 Å². The van der Waals surface area contributed by atoms with Gasteiger partial charge >= 0.3 is 0 Å². The maximum absolute atomic E-state index is 3.40. The van der Waals surface area contributed by atoms with Gasteiger partial charge in [-0.1, -0.05) is 42.5 Å². The third-order valence-corrected chi connectivity index (χ3v) is 3.89. The first-order valence-electron chi connectivity index (χ1n) is 6.18. The quantitative estimate of drug-likeness (QED) is 0.815. The number of nitrogens with one attached hydrogen (secondary N) is 1. The van der Waals surface area contributed by atoms with Crippen molar-refractivity contribution in [2.24, 2.45) is 0 Å². The highest BCUT2D eigenvalue weighted by Crippen LogP contribution is 2.21. The first-order chi connectivity index (χ1) is 8.83. The fourth-order valence-corrected chi connectivity index (χ4v) is 2.48. The summed E-state index contributed by atoms with van der Waals surface area (Å²) in [5, 5.41) is 3.40. The molecule has 1 nitrogen and oxygen atoms in total. The van der Waals surface area contributed by atoms with E-state index >= 15 is 0 Å². The maximum atomic E-state index is 3.40. The van der Waals surface area contributed by atoms with E-state index in [-0.39, 0.29) is 0 Å². The normalized spacial score (nSPS) is 12.3. The molecule has 0 aliphatic heterocycles. The van der Waals surface area contributed by atoms with Gasteiger partial charge in [-0.25, -0.2) is 0 Å². The number of rotatable bonds is 5. The van der Waals surface area contributed by atoms with E-state index in [1.54, 1.807) is 11.8 Å². The smallest absolute Gasteiger partial charge is 0.0358 e. The van der Waals surface area contributed by atoms with Crippen molar-refractivity contribution < 1.29 is 0 Å². The Bertz CT molecular complexity index is 464. The van der Waals surface area contributed by atoms with Crippen LogP contribution in [0.2, 0.25) is 0 Å². The summed E-state index contributed by atoms with van der Waals surface area (Å²) in [5.41, 5.74) is 2.71. The summed E-state index contributed by atoms with van der Waals surface area (Å²) in [6.07, 6.45) is 3.13. The molecule has 94 valence electrons. The Labute approximate surface area is 114 Å². The molecule has 2 aromatic carbocycles. The first-order valence-corrected chi connectivity index (χ1v) is 7.41. The van der Waals surface area contributed by atoms with Crippen molar-refractivity contribution in [3.05, 3.63) is 65.7 Å². The van der Waals surface area contributed by atoms with Gasteiger partial charge in [0.05, 0.1) is 0 Å². The van der Waals surface area contributed by atoms with Crippen molar-refractivity contribution in [3.63, 3.8) is 0 Å². The van der Waals surface area contributed by atoms with Gasteiger partial charge < -0.3 is 5.32 Å². The molecule has 18 heavy (non-hydrogen) atoms. The molecule has 1 atom stereocenters. The van der Waals surface area contributed by atoms with Crippen molar-refractivity contribution in [3.8, 4) is 0 Å². The average Bonchev–Trinajstić information content (AvgIpc) is 2.46. The first kappa shape index (κ1) is 13.2. The zero-order valence-corrected chi connectivity index (χ0v) is 11.7. The van der Waals surface area contributed by atoms with Crippen LogP contribution in [0.15, 0.2) is 59.5 Å². The Kier molecular flexibility index (Phi) is 4.85. The topological polar surface area (TPSA) is 12.0 Å². The van der Waals surface area contributed by atoms with Gasteiger partial charge in [0.2, 0.25) is 0 Å². The Morgan fingerprint density at radius 2 is 1.67 bits per heavy atom. The Hall–Kier alpha value is -1.25. The maximum Gasteiger partial charge on any atom is 0.0358 e. The number of hydrogen-bond acceptors (Lipinski definition) is 2. The van der Waals surface area contributed by atoms with Crippen LogP contribution in [0.4, 0.5) is 0 Å². The second-order valence-corrected chi connectivity index (χ2v) is 5.18. The highest BCUT2D eigenvalue weighted by atomic mass is 32.2. The standard InChI is InChI=1S/C16H19NS/c1-17-16(12-13-6-4-3-5-7-13)14-8-10-15(18-2)11-9-14/h3-11,16-17H,12H2,1-2H3. The molecule has 2 rings (SSSR count). The molecule has 0 fully saturated rings. The largest absolute Gasteiger partial charge is 0.313 e. The third kappa shape index (κ3) is 3.37. The van der Waals surface area contributed by atoms with E-state index in [0.29, 0.717) is 6.04 Å². The summed E-state index contributed by atoms with van der Waals surface area (Å²) in [5.74, 6) is 0. The van der Waals surface area contributed by atoms with Gasteiger partial charge in [-0.2, -0.15) is 0 Å². The second-order valence-electron chi connectivity index (χ2n) is 4.30. The molecule has 1 N–H and O–H groups in total. The summed E-state index contributed by atoms with van der Waals surface area (Å²) < 4.78 is 0. The predicted molar refractivity (Wildman–Crippen MR) is 80.2 cm³/mol. The molecular formula is C16H19NS. The molecule has 1 unspecified atom stereocenters. The molecule has 0 heterocycles. The molecule has 0 saturated heterocycles. The van der Waals surface area contributed by atoms with Crippen LogP contribution in [0.5, 0.6) is 0 Å². The third-order valence-electron chi connectivity index (χ3n) is 3.15. The highest BCUT2D eigenvalue weighted by molar-refractivity contribution is 7.98. The summed E-state index contributed by atoms with van der Waals surface area (Å²) in [6.45, 7) is 0. The second kappa shape index (κ2) is 6.62. The lowest BCUT2D eigenvalue weighted by Gasteiger charge is -2.17. The molecule has 0 aliphatic carbocycles. The Balaban J connectivity index is 2.12. The number of benzene rings is 2. The van der Waals surface area contributed by atoms with Crippen molar-refractivity contribution in [1.29, 1.82) is 0 Å². The molecule has 0 saturated carbocycles. The van der Waals surface area contributed by atoms with E-state index in [4.69, 9.17) is 0 Å². The van der Waals surface area contributed by atoms with Crippen LogP contribution in [-0.4, -0.2) is 13.3 Å². The van der Waals surface area contributed by atoms with Crippen molar-refractivity contribution >= 4 is 11.8 Å². The predicted octanol–water partition coefficient (Wildman–Crippen LogP) is 3.91. The Morgan fingerprint density at radius 1 is 1.00 bits per heavy atom. The summed E-state index contributed by atoms with van der Waals surface area (Å²) in [7, 11) is 2.02. The summed E-state index contributed by atoms with van der Waals surface area (Å²) in [4.78, 5) is 1.31. The number of hydrogen-bond donors (Lipinski definition) is 1. The van der Waals surface area contributed by atoms with Crippen LogP contribution in [0, 0.1) is 0 Å². The summed E-state index contributed by atoms with van der Waals surface area (Å²) in [6, 6.07) is 19.8. The van der Waals surface area contributed by atoms with Gasteiger partial charge in [-0.05, 0) is 43.0 Å². The van der Waals surface area contributed by atoms with Crippen molar-refractivity contribution in [2.75, 3.05) is 13.3 Å². The van der Waals surface area contributed by atoms with Gasteiger partial charge in [-0.3, -0.25) is 0 Å². The summed E-state index contributed by atoms with van der Waals surface area (Å²) >= 11 is 1.78. The molecule has 0 bridgehead atoms. The van der Waals surface area contributed by atoms with E-state index in [0.717, 1.165) is 6.42 Å². The lowest BCUT2D eigenvalue weighted by Crippen LogP contribution is -2.18. The monoisotopic (exact) mass is 257 g/mol. The molecule has 2 heteroatoms. The van der Waals surface area contributed by atoms with Crippen LogP contribution in [0.1, 0.15) is 17.2 Å². The lowest BCUT2D eigenvalue weighted by atomic mass is 9.99. The van der Waals surface area contributed by atoms with Crippen LogP contribution < -0.4 is 5.32 Å². The fourth-order valence-electron chi connectivity index (χ4n) is 2.07. The van der Waals surface area contributed by atoms with Crippen LogP contribution in [-0.2, 0) is 6.42 Å². The minimum atomic E-state index is 0.378. The molecular weight excluding hydrogens is 238 g/mol. The number of likely N-dealkylation sites (N-methyl/N-ethyl adjacent to an activating group) is 1. The Morgan fingerprint density at radius 3 is 2.22 bits per heavy atom. The van der Waals surface area contributed by atoms with Crippen molar-refractivity contribution in [1.82, 2.24) is 5.32 Å². The molecule has 0 aromatic heterocycles. The van der Waals surface area contributed by atoms with Gasteiger partial charge in [0.1, 0.15) is 0 Å². The van der Waals surface area contributed by atoms with E-state index in [2.05, 4.69) is 66.2 Å². The molecule has 0 spiro atoms. The van der Waals surface area contributed by atoms with Gasteiger partial charge in [0, 0.05) is 10.9 Å². The van der Waals surface area contributed by atoms with Crippen molar-refractivity contribution in [2.45, 2.75) is 17.4 Å². The van der Waals surface area contributed by atoms with E-state index < -0.39 is 0 Å². The lowest BCUT2D eigenvalue weighted by molar-refractivity contribution is 0.592. The minimum Gasteiger partial charge on any atom is -0.313 e. The van der Waals surface area contributed by atoms with Crippen LogP contribution in [0.3, 0.4) is 0 Å². The van der Waals surface area contributed by atoms with Gasteiger partial charge in [0.15, 0.2) is 0 Å². The zero-order chi connectivity index (χ0) is 12.8. The number of thioether (sulfide) groups is 1. The minimum absolute atomic E-state index is 0.378. The molecule has 0 amide bonds. The molecule has 0 aliphatic rings.